The predicted octanol–water partition coefficient (Wildman–Crippen LogP) is 3.39. The topological polar surface area (TPSA) is 21.3 Å². The number of likely N-dealkylation sites (N-methyl/N-ethyl adjacent to an activating group) is 1. The molecule has 102 valence electrons. The maximum atomic E-state index is 12.4. The van der Waals surface area contributed by atoms with Crippen molar-refractivity contribution >= 4 is 0 Å². The van der Waals surface area contributed by atoms with Gasteiger partial charge in [0.1, 0.15) is 0 Å². The van der Waals surface area contributed by atoms with Crippen molar-refractivity contribution in [2.24, 2.45) is 0 Å². The summed E-state index contributed by atoms with van der Waals surface area (Å²) in [5.41, 5.74) is 0.177. The summed E-state index contributed by atoms with van der Waals surface area (Å²) in [6, 6.07) is 5.12. The highest BCUT2D eigenvalue weighted by atomic mass is 19.4. The molecule has 5 heteroatoms. The van der Waals surface area contributed by atoms with E-state index in [0.29, 0.717) is 13.2 Å². The number of hydrogen-bond acceptors (Lipinski definition) is 2. The van der Waals surface area contributed by atoms with Crippen molar-refractivity contribution in [1.82, 2.24) is 5.32 Å². The molecule has 0 saturated heterocycles. The summed E-state index contributed by atoms with van der Waals surface area (Å²) in [6.45, 7) is 5.61. The summed E-state index contributed by atoms with van der Waals surface area (Å²) >= 11 is 0. The fraction of sp³-hybridized carbons (Fsp3) is 0.538. The molecule has 1 atom stereocenters. The van der Waals surface area contributed by atoms with Crippen LogP contribution in [0.25, 0.3) is 0 Å². The third-order valence-corrected chi connectivity index (χ3v) is 2.58. The zero-order valence-electron chi connectivity index (χ0n) is 10.6. The molecule has 0 aliphatic rings. The van der Waals surface area contributed by atoms with Gasteiger partial charge in [-0.1, -0.05) is 19.1 Å². The maximum absolute atomic E-state index is 12.4. The van der Waals surface area contributed by atoms with E-state index in [2.05, 4.69) is 5.32 Å². The first kappa shape index (κ1) is 15.0. The summed E-state index contributed by atoms with van der Waals surface area (Å²) in [5.74, 6) is 0. The van der Waals surface area contributed by atoms with Crippen LogP contribution in [0.5, 0.6) is 0 Å². The van der Waals surface area contributed by atoms with E-state index in [9.17, 15) is 13.2 Å². The molecule has 0 saturated carbocycles. The Morgan fingerprint density at radius 1 is 1.17 bits per heavy atom. The van der Waals surface area contributed by atoms with Crippen LogP contribution in [0.4, 0.5) is 13.2 Å². The molecule has 0 aliphatic heterocycles. The van der Waals surface area contributed by atoms with Crippen molar-refractivity contribution < 1.29 is 17.9 Å². The van der Waals surface area contributed by atoms with E-state index >= 15 is 0 Å². The molecule has 0 heterocycles. The zero-order chi connectivity index (χ0) is 13.6. The standard InChI is InChI=1S/C13H18F3NO/c1-3-17-12(9-18-4-2)10-5-7-11(8-6-10)13(14,15)16/h5-8,12,17H,3-4,9H2,1-2H3. The second-order valence-corrected chi connectivity index (χ2v) is 3.89. The molecule has 18 heavy (non-hydrogen) atoms. The number of nitrogens with one attached hydrogen (secondary N) is 1. The minimum absolute atomic E-state index is 0.0720. The van der Waals surface area contributed by atoms with Gasteiger partial charge in [-0.25, -0.2) is 0 Å². The molecule has 0 radical (unpaired) electrons. The Morgan fingerprint density at radius 3 is 2.22 bits per heavy atom. The molecule has 1 unspecified atom stereocenters. The van der Waals surface area contributed by atoms with E-state index in [0.717, 1.165) is 24.2 Å². The summed E-state index contributed by atoms with van der Waals surface area (Å²) in [5, 5.41) is 3.19. The first-order valence-corrected chi connectivity index (χ1v) is 5.97. The molecule has 0 spiro atoms. The van der Waals surface area contributed by atoms with Crippen molar-refractivity contribution in [3.63, 3.8) is 0 Å². The summed E-state index contributed by atoms with van der Waals surface area (Å²) in [4.78, 5) is 0. The van der Waals surface area contributed by atoms with E-state index in [1.165, 1.54) is 12.1 Å². The molecule has 1 aromatic carbocycles. The Labute approximate surface area is 105 Å². The Morgan fingerprint density at radius 2 is 1.78 bits per heavy atom. The van der Waals surface area contributed by atoms with Crippen LogP contribution in [0, 0.1) is 0 Å². The SMILES string of the molecule is CCNC(COCC)c1ccc(C(F)(F)F)cc1. The summed E-state index contributed by atoms with van der Waals surface area (Å²) < 4.78 is 42.6. The van der Waals surface area contributed by atoms with Crippen molar-refractivity contribution in [3.05, 3.63) is 35.4 Å². The average Bonchev–Trinajstić information content (AvgIpc) is 2.33. The largest absolute Gasteiger partial charge is 0.416 e. The van der Waals surface area contributed by atoms with Gasteiger partial charge in [0.25, 0.3) is 0 Å². The van der Waals surface area contributed by atoms with Crippen LogP contribution >= 0.6 is 0 Å². The molecule has 0 fully saturated rings. The second-order valence-electron chi connectivity index (χ2n) is 3.89. The van der Waals surface area contributed by atoms with E-state index < -0.39 is 11.7 Å². The minimum atomic E-state index is -4.29. The minimum Gasteiger partial charge on any atom is -0.380 e. The fourth-order valence-corrected chi connectivity index (χ4v) is 1.66. The van der Waals surface area contributed by atoms with Gasteiger partial charge in [-0.05, 0) is 31.2 Å². The predicted molar refractivity (Wildman–Crippen MR) is 64.4 cm³/mol. The normalized spacial score (nSPS) is 13.6. The van der Waals surface area contributed by atoms with Gasteiger partial charge in [0, 0.05) is 6.61 Å². The van der Waals surface area contributed by atoms with E-state index in [1.54, 1.807) is 0 Å². The Hall–Kier alpha value is -1.07. The molecule has 1 aromatic rings. The number of alkyl halides is 3. The molecular weight excluding hydrogens is 243 g/mol. The first-order chi connectivity index (χ1) is 8.49. The zero-order valence-corrected chi connectivity index (χ0v) is 10.6. The van der Waals surface area contributed by atoms with Crippen molar-refractivity contribution in [2.45, 2.75) is 26.1 Å². The molecule has 2 nitrogen and oxygen atoms in total. The van der Waals surface area contributed by atoms with Crippen LogP contribution in [0.1, 0.15) is 31.0 Å². The van der Waals surface area contributed by atoms with Gasteiger partial charge in [0.15, 0.2) is 0 Å². The monoisotopic (exact) mass is 261 g/mol. The Bertz CT molecular complexity index is 348. The molecule has 0 aromatic heterocycles. The lowest BCUT2D eigenvalue weighted by Crippen LogP contribution is -2.25. The highest BCUT2D eigenvalue weighted by Crippen LogP contribution is 2.29. The summed E-state index contributed by atoms with van der Waals surface area (Å²) in [7, 11) is 0. The van der Waals surface area contributed by atoms with Crippen LogP contribution in [0.15, 0.2) is 24.3 Å². The smallest absolute Gasteiger partial charge is 0.380 e. The molecular formula is C13H18F3NO. The fourth-order valence-electron chi connectivity index (χ4n) is 1.66. The highest BCUT2D eigenvalue weighted by molar-refractivity contribution is 5.26. The molecule has 1 rings (SSSR count). The third kappa shape index (κ3) is 4.31. The van der Waals surface area contributed by atoms with Gasteiger partial charge in [-0.2, -0.15) is 13.2 Å². The molecule has 0 aliphatic carbocycles. The molecule has 1 N–H and O–H groups in total. The van der Waals surface area contributed by atoms with Crippen LogP contribution in [-0.2, 0) is 10.9 Å². The van der Waals surface area contributed by atoms with Crippen molar-refractivity contribution in [1.29, 1.82) is 0 Å². The quantitative estimate of drug-likeness (QED) is 0.847. The number of hydrogen-bond donors (Lipinski definition) is 1. The second kappa shape index (κ2) is 6.75. The van der Waals surface area contributed by atoms with Crippen LogP contribution in [-0.4, -0.2) is 19.8 Å². The van der Waals surface area contributed by atoms with E-state index in [-0.39, 0.29) is 6.04 Å². The van der Waals surface area contributed by atoms with Gasteiger partial charge in [0.05, 0.1) is 18.2 Å². The lowest BCUT2D eigenvalue weighted by atomic mass is 10.1. The maximum Gasteiger partial charge on any atom is 0.416 e. The van der Waals surface area contributed by atoms with Crippen LogP contribution < -0.4 is 5.32 Å². The molecule has 0 amide bonds. The third-order valence-electron chi connectivity index (χ3n) is 2.58. The Balaban J connectivity index is 2.79. The van der Waals surface area contributed by atoms with Crippen molar-refractivity contribution in [3.8, 4) is 0 Å². The number of rotatable bonds is 6. The number of benzene rings is 1. The summed E-state index contributed by atoms with van der Waals surface area (Å²) in [6.07, 6.45) is -4.29. The van der Waals surface area contributed by atoms with Crippen LogP contribution in [0.2, 0.25) is 0 Å². The van der Waals surface area contributed by atoms with Gasteiger partial charge in [-0.15, -0.1) is 0 Å². The van der Waals surface area contributed by atoms with Gasteiger partial charge in [0.2, 0.25) is 0 Å². The van der Waals surface area contributed by atoms with E-state index in [1.807, 2.05) is 13.8 Å². The highest BCUT2D eigenvalue weighted by Gasteiger charge is 2.30. The number of halogens is 3. The van der Waals surface area contributed by atoms with Gasteiger partial charge in [-0.3, -0.25) is 0 Å². The Kier molecular flexibility index (Phi) is 5.62. The van der Waals surface area contributed by atoms with Crippen molar-refractivity contribution in [2.75, 3.05) is 19.8 Å². The van der Waals surface area contributed by atoms with Gasteiger partial charge >= 0.3 is 6.18 Å². The lowest BCUT2D eigenvalue weighted by molar-refractivity contribution is -0.137. The average molecular weight is 261 g/mol. The lowest BCUT2D eigenvalue weighted by Gasteiger charge is -2.18. The van der Waals surface area contributed by atoms with Crippen LogP contribution in [0.3, 0.4) is 0 Å². The number of ether oxygens (including phenoxy) is 1. The first-order valence-electron chi connectivity index (χ1n) is 5.97. The molecule has 0 bridgehead atoms. The van der Waals surface area contributed by atoms with E-state index in [4.69, 9.17) is 4.74 Å². The van der Waals surface area contributed by atoms with Gasteiger partial charge < -0.3 is 10.1 Å².